The third kappa shape index (κ3) is 4.61. The van der Waals surface area contributed by atoms with Gasteiger partial charge in [0.05, 0.1) is 22.4 Å². The van der Waals surface area contributed by atoms with Crippen molar-refractivity contribution in [3.05, 3.63) is 176 Å². The van der Waals surface area contributed by atoms with E-state index in [1.165, 1.54) is 21.8 Å². The molecule has 234 valence electrons. The SMILES string of the molecule is c1ccc(-c2cc(-c3ccc(-c4cccc5oc6ccccc6c45)cc3)nc(-c3ccc(-n4c5ccccc5c5ccccc54)cc3)n2)cc1. The normalized spacial score (nSPS) is 11.6. The summed E-state index contributed by atoms with van der Waals surface area (Å²) in [7, 11) is 0. The summed E-state index contributed by atoms with van der Waals surface area (Å²) in [6.07, 6.45) is 0. The number of para-hydroxylation sites is 3. The fourth-order valence-corrected chi connectivity index (χ4v) is 7.28. The molecule has 0 aliphatic heterocycles. The lowest BCUT2D eigenvalue weighted by molar-refractivity contribution is 0.669. The van der Waals surface area contributed by atoms with Gasteiger partial charge in [0.2, 0.25) is 0 Å². The van der Waals surface area contributed by atoms with E-state index in [0.717, 1.165) is 66.8 Å². The smallest absolute Gasteiger partial charge is 0.160 e. The van der Waals surface area contributed by atoms with Gasteiger partial charge < -0.3 is 8.98 Å². The number of rotatable bonds is 5. The highest BCUT2D eigenvalue weighted by Crippen LogP contribution is 2.38. The second-order valence-electron chi connectivity index (χ2n) is 12.6. The predicted molar refractivity (Wildman–Crippen MR) is 205 cm³/mol. The molecule has 0 atom stereocenters. The zero-order valence-electron chi connectivity index (χ0n) is 27.0. The number of hydrogen-bond donors (Lipinski definition) is 0. The fraction of sp³-hybridized carbons (Fsp3) is 0. The molecule has 7 aromatic carbocycles. The number of nitrogens with zero attached hydrogens (tertiary/aromatic N) is 3. The Kier molecular flexibility index (Phi) is 6.46. The van der Waals surface area contributed by atoms with Crippen molar-refractivity contribution in [2.45, 2.75) is 0 Å². The molecule has 3 aromatic heterocycles. The van der Waals surface area contributed by atoms with Gasteiger partial charge in [0.1, 0.15) is 11.2 Å². The summed E-state index contributed by atoms with van der Waals surface area (Å²) in [5.74, 6) is 0.689. The minimum atomic E-state index is 0.689. The van der Waals surface area contributed by atoms with Crippen LogP contribution in [-0.4, -0.2) is 14.5 Å². The summed E-state index contributed by atoms with van der Waals surface area (Å²) in [4.78, 5) is 10.2. The number of aromatic nitrogens is 3. The van der Waals surface area contributed by atoms with Crippen LogP contribution in [0.15, 0.2) is 180 Å². The van der Waals surface area contributed by atoms with Crippen molar-refractivity contribution in [3.8, 4) is 50.7 Å². The maximum absolute atomic E-state index is 6.17. The Bertz CT molecular complexity index is 2790. The fourth-order valence-electron chi connectivity index (χ4n) is 7.28. The molecule has 3 heterocycles. The minimum absolute atomic E-state index is 0.689. The van der Waals surface area contributed by atoms with E-state index in [-0.39, 0.29) is 0 Å². The Morgan fingerprint density at radius 3 is 1.64 bits per heavy atom. The first-order valence-corrected chi connectivity index (χ1v) is 16.8. The summed E-state index contributed by atoms with van der Waals surface area (Å²) >= 11 is 0. The summed E-state index contributed by atoms with van der Waals surface area (Å²) in [6, 6.07) is 61.3. The zero-order chi connectivity index (χ0) is 33.0. The quantitative estimate of drug-likeness (QED) is 0.188. The van der Waals surface area contributed by atoms with Gasteiger partial charge in [-0.1, -0.05) is 121 Å². The van der Waals surface area contributed by atoms with Crippen molar-refractivity contribution in [2.75, 3.05) is 0 Å². The largest absolute Gasteiger partial charge is 0.456 e. The molecule has 0 aliphatic carbocycles. The molecule has 4 nitrogen and oxygen atoms in total. The molecule has 0 fully saturated rings. The molecule has 0 saturated carbocycles. The summed E-state index contributed by atoms with van der Waals surface area (Å²) in [5.41, 5.74) is 12.3. The summed E-state index contributed by atoms with van der Waals surface area (Å²) in [5, 5.41) is 4.75. The lowest BCUT2D eigenvalue weighted by Crippen LogP contribution is -1.97. The van der Waals surface area contributed by atoms with E-state index in [1.807, 2.05) is 36.4 Å². The average Bonchev–Trinajstić information content (AvgIpc) is 3.74. The molecule has 0 unspecified atom stereocenters. The van der Waals surface area contributed by atoms with Gasteiger partial charge in [0, 0.05) is 43.9 Å². The van der Waals surface area contributed by atoms with Crippen LogP contribution in [0.25, 0.3) is 94.5 Å². The van der Waals surface area contributed by atoms with Crippen molar-refractivity contribution in [1.29, 1.82) is 0 Å². The number of benzene rings is 7. The van der Waals surface area contributed by atoms with Crippen LogP contribution >= 0.6 is 0 Å². The Labute approximate surface area is 288 Å². The Balaban J connectivity index is 1.06. The van der Waals surface area contributed by atoms with Crippen molar-refractivity contribution in [1.82, 2.24) is 14.5 Å². The highest BCUT2D eigenvalue weighted by Gasteiger charge is 2.15. The molecule has 0 radical (unpaired) electrons. The molecule has 0 amide bonds. The maximum Gasteiger partial charge on any atom is 0.160 e. The number of fused-ring (bicyclic) bond motifs is 6. The molecule has 0 saturated heterocycles. The molecule has 10 rings (SSSR count). The third-order valence-electron chi connectivity index (χ3n) is 9.65. The van der Waals surface area contributed by atoms with Crippen LogP contribution in [0.3, 0.4) is 0 Å². The van der Waals surface area contributed by atoms with Gasteiger partial charge in [-0.3, -0.25) is 0 Å². The van der Waals surface area contributed by atoms with Crippen LogP contribution in [-0.2, 0) is 0 Å². The van der Waals surface area contributed by atoms with Crippen molar-refractivity contribution in [3.63, 3.8) is 0 Å². The van der Waals surface area contributed by atoms with E-state index < -0.39 is 0 Å². The standard InChI is InChI=1S/C46H29N3O/c1-2-11-31(12-3-1)39-29-40(32-23-21-30(22-24-32)35-16-10-20-44-45(35)38-15-6-9-19-43(38)50-44)48-46(47-39)33-25-27-34(28-26-33)49-41-17-7-4-13-36(41)37-14-5-8-18-42(37)49/h1-29H. The van der Waals surface area contributed by atoms with Gasteiger partial charge in [0.15, 0.2) is 5.82 Å². The molecule has 0 bridgehead atoms. The van der Waals surface area contributed by atoms with E-state index in [2.05, 4.69) is 144 Å². The highest BCUT2D eigenvalue weighted by atomic mass is 16.3. The first-order chi connectivity index (χ1) is 24.8. The first-order valence-electron chi connectivity index (χ1n) is 16.8. The Hall–Kier alpha value is -6.78. The van der Waals surface area contributed by atoms with Gasteiger partial charge in [-0.2, -0.15) is 0 Å². The molecular weight excluding hydrogens is 611 g/mol. The van der Waals surface area contributed by atoms with Crippen LogP contribution in [0.1, 0.15) is 0 Å². The van der Waals surface area contributed by atoms with E-state index in [9.17, 15) is 0 Å². The van der Waals surface area contributed by atoms with Gasteiger partial charge in [-0.05, 0) is 65.7 Å². The molecule has 4 heteroatoms. The molecule has 0 aliphatic rings. The third-order valence-corrected chi connectivity index (χ3v) is 9.65. The van der Waals surface area contributed by atoms with Gasteiger partial charge in [0.25, 0.3) is 0 Å². The topological polar surface area (TPSA) is 43.9 Å². The van der Waals surface area contributed by atoms with Gasteiger partial charge in [-0.15, -0.1) is 0 Å². The van der Waals surface area contributed by atoms with Crippen LogP contribution < -0.4 is 0 Å². The number of hydrogen-bond acceptors (Lipinski definition) is 3. The van der Waals surface area contributed by atoms with E-state index in [4.69, 9.17) is 14.4 Å². The van der Waals surface area contributed by atoms with Crippen LogP contribution in [0.5, 0.6) is 0 Å². The number of furan rings is 1. The Morgan fingerprint density at radius 2 is 0.940 bits per heavy atom. The van der Waals surface area contributed by atoms with Gasteiger partial charge in [-0.25, -0.2) is 9.97 Å². The van der Waals surface area contributed by atoms with Crippen LogP contribution in [0.2, 0.25) is 0 Å². The zero-order valence-corrected chi connectivity index (χ0v) is 27.0. The van der Waals surface area contributed by atoms with E-state index in [0.29, 0.717) is 5.82 Å². The van der Waals surface area contributed by atoms with Gasteiger partial charge >= 0.3 is 0 Å². The molecule has 0 spiro atoms. The maximum atomic E-state index is 6.17. The molecule has 10 aromatic rings. The lowest BCUT2D eigenvalue weighted by atomic mass is 9.97. The predicted octanol–water partition coefficient (Wildman–Crippen LogP) is 12.1. The first kappa shape index (κ1) is 28.3. The molecular formula is C46H29N3O. The highest BCUT2D eigenvalue weighted by molar-refractivity contribution is 6.12. The second-order valence-corrected chi connectivity index (χ2v) is 12.6. The Morgan fingerprint density at radius 1 is 0.400 bits per heavy atom. The van der Waals surface area contributed by atoms with Crippen molar-refractivity contribution < 1.29 is 4.42 Å². The van der Waals surface area contributed by atoms with Crippen LogP contribution in [0.4, 0.5) is 0 Å². The molecule has 0 N–H and O–H groups in total. The molecule has 50 heavy (non-hydrogen) atoms. The van der Waals surface area contributed by atoms with Crippen molar-refractivity contribution in [2.24, 2.45) is 0 Å². The second kappa shape index (κ2) is 11.4. The van der Waals surface area contributed by atoms with Crippen molar-refractivity contribution >= 4 is 43.7 Å². The average molecular weight is 640 g/mol. The lowest BCUT2D eigenvalue weighted by Gasteiger charge is -2.12. The minimum Gasteiger partial charge on any atom is -0.456 e. The van der Waals surface area contributed by atoms with E-state index in [1.54, 1.807) is 0 Å². The van der Waals surface area contributed by atoms with E-state index >= 15 is 0 Å². The summed E-state index contributed by atoms with van der Waals surface area (Å²) in [6.45, 7) is 0. The monoisotopic (exact) mass is 639 g/mol. The van der Waals surface area contributed by atoms with Crippen LogP contribution in [0, 0.1) is 0 Å². The summed E-state index contributed by atoms with van der Waals surface area (Å²) < 4.78 is 8.49.